The van der Waals surface area contributed by atoms with Crippen molar-refractivity contribution in [3.05, 3.63) is 30.0 Å². The molecule has 1 aromatic rings. The number of nitrogens with zero attached hydrogens (tertiary/aromatic N) is 1. The summed E-state index contributed by atoms with van der Waals surface area (Å²) in [5.41, 5.74) is 1.39. The van der Waals surface area contributed by atoms with Gasteiger partial charge < -0.3 is 23.7 Å². The minimum Gasteiger partial charge on any atom is -0.496 e. The smallest absolute Gasteiger partial charge is 0.173 e. The van der Waals surface area contributed by atoms with Gasteiger partial charge in [0, 0.05) is 32.7 Å². The number of fused-ring (bicyclic) bond motifs is 3. The van der Waals surface area contributed by atoms with Crippen molar-refractivity contribution in [2.24, 2.45) is 11.8 Å². The average Bonchev–Trinajstić information content (AvgIpc) is 2.79. The monoisotopic (exact) mass is 417 g/mol. The van der Waals surface area contributed by atoms with E-state index in [0.717, 1.165) is 44.5 Å². The van der Waals surface area contributed by atoms with Crippen LogP contribution in [-0.4, -0.2) is 70.6 Å². The van der Waals surface area contributed by atoms with Crippen LogP contribution >= 0.6 is 0 Å². The van der Waals surface area contributed by atoms with E-state index >= 15 is 0 Å². The van der Waals surface area contributed by atoms with Crippen LogP contribution in [0.3, 0.4) is 0 Å². The zero-order valence-corrected chi connectivity index (χ0v) is 18.0. The van der Waals surface area contributed by atoms with Crippen LogP contribution in [0.15, 0.2) is 24.5 Å². The van der Waals surface area contributed by atoms with Gasteiger partial charge in [0.15, 0.2) is 17.3 Å². The van der Waals surface area contributed by atoms with Crippen molar-refractivity contribution in [3.8, 4) is 11.5 Å². The molecule has 1 saturated heterocycles. The van der Waals surface area contributed by atoms with Crippen LogP contribution in [0.25, 0.3) is 5.57 Å². The molecule has 1 saturated carbocycles. The lowest BCUT2D eigenvalue weighted by molar-refractivity contribution is -0.170. The Morgan fingerprint density at radius 2 is 1.97 bits per heavy atom. The summed E-state index contributed by atoms with van der Waals surface area (Å²) in [6, 6.07) is 5.53. The summed E-state index contributed by atoms with van der Waals surface area (Å²) in [5, 5.41) is 0. The van der Waals surface area contributed by atoms with Crippen molar-refractivity contribution in [2.75, 3.05) is 47.8 Å². The molecule has 0 N–H and O–H groups in total. The molecular formula is C23H31NO6. The normalized spacial score (nSPS) is 28.8. The molecule has 7 nitrogen and oxygen atoms in total. The van der Waals surface area contributed by atoms with Crippen molar-refractivity contribution in [1.29, 1.82) is 0 Å². The first kappa shape index (κ1) is 21.2. The molecule has 4 unspecified atom stereocenters. The fraction of sp³-hybridized carbons (Fsp3) is 0.609. The van der Waals surface area contributed by atoms with Crippen LogP contribution in [0, 0.1) is 11.8 Å². The van der Waals surface area contributed by atoms with E-state index in [-0.39, 0.29) is 29.8 Å². The second-order valence-electron chi connectivity index (χ2n) is 8.17. The highest BCUT2D eigenvalue weighted by molar-refractivity contribution is 6.22. The number of hydrogen-bond donors (Lipinski definition) is 0. The van der Waals surface area contributed by atoms with E-state index in [9.17, 15) is 4.79 Å². The molecule has 1 aromatic carbocycles. The van der Waals surface area contributed by atoms with Gasteiger partial charge in [-0.15, -0.1) is 0 Å². The molecule has 30 heavy (non-hydrogen) atoms. The third-order valence-electron chi connectivity index (χ3n) is 6.46. The van der Waals surface area contributed by atoms with Gasteiger partial charge in [-0.2, -0.15) is 0 Å². The highest BCUT2D eigenvalue weighted by Crippen LogP contribution is 2.42. The number of methoxy groups -OCH3 is 3. The molecule has 2 heterocycles. The van der Waals surface area contributed by atoms with Crippen LogP contribution in [0.5, 0.6) is 11.5 Å². The molecule has 0 radical (unpaired) electrons. The Labute approximate surface area is 177 Å². The van der Waals surface area contributed by atoms with Gasteiger partial charge in [-0.1, -0.05) is 6.07 Å². The van der Waals surface area contributed by atoms with Gasteiger partial charge in [-0.05, 0) is 37.0 Å². The number of Topliss-reactive ketones (excluding diaryl/α,β-unsaturated/α-hetero) is 1. The Bertz CT molecular complexity index is 792. The summed E-state index contributed by atoms with van der Waals surface area (Å²) < 4.78 is 28.2. The zero-order valence-electron chi connectivity index (χ0n) is 18.0. The number of ketones is 1. The number of carbonyl (C=O) groups excluding carboxylic acids is 1. The van der Waals surface area contributed by atoms with Crippen LogP contribution in [-0.2, 0) is 19.0 Å². The van der Waals surface area contributed by atoms with Gasteiger partial charge >= 0.3 is 0 Å². The second kappa shape index (κ2) is 9.37. The first-order valence-electron chi connectivity index (χ1n) is 10.6. The number of ether oxygens (including phenoxy) is 5. The van der Waals surface area contributed by atoms with Crippen molar-refractivity contribution in [1.82, 2.24) is 4.90 Å². The largest absolute Gasteiger partial charge is 0.496 e. The second-order valence-corrected chi connectivity index (χ2v) is 8.17. The molecule has 3 aliphatic rings. The minimum atomic E-state index is -0.137. The maximum absolute atomic E-state index is 13.4. The molecule has 2 aliphatic heterocycles. The Balaban J connectivity index is 1.51. The standard InChI is InChI=1S/C23H31NO6/c1-26-10-4-9-24-12-17-19(30-14-24)8-6-16-22(25)18(13-29-23(16)17)15-5-7-20(27-2)21(11-15)28-3/h5,7,11,13,16-17,19,23H,4,6,8-10,12,14H2,1-3H3. The van der Waals surface area contributed by atoms with Crippen molar-refractivity contribution in [3.63, 3.8) is 0 Å². The number of allylic oxidation sites excluding steroid dienone is 1. The highest BCUT2D eigenvalue weighted by atomic mass is 16.5. The molecule has 0 amide bonds. The molecule has 0 aromatic heterocycles. The van der Waals surface area contributed by atoms with Crippen LogP contribution in [0.4, 0.5) is 0 Å². The Morgan fingerprint density at radius 1 is 1.13 bits per heavy atom. The summed E-state index contributed by atoms with van der Waals surface area (Å²) >= 11 is 0. The number of hydrogen-bond acceptors (Lipinski definition) is 7. The van der Waals surface area contributed by atoms with Crippen molar-refractivity contribution >= 4 is 11.4 Å². The van der Waals surface area contributed by atoms with Gasteiger partial charge in [-0.25, -0.2) is 0 Å². The topological polar surface area (TPSA) is 66.5 Å². The average molecular weight is 418 g/mol. The minimum absolute atomic E-state index is 0.134. The summed E-state index contributed by atoms with van der Waals surface area (Å²) in [7, 11) is 4.91. The fourth-order valence-electron chi connectivity index (χ4n) is 4.90. The fourth-order valence-corrected chi connectivity index (χ4v) is 4.90. The predicted octanol–water partition coefficient (Wildman–Crippen LogP) is 2.73. The molecule has 1 aliphatic carbocycles. The Hall–Kier alpha value is -2.09. The van der Waals surface area contributed by atoms with E-state index in [0.29, 0.717) is 23.8 Å². The van der Waals surface area contributed by atoms with Gasteiger partial charge in [0.05, 0.1) is 44.8 Å². The van der Waals surface area contributed by atoms with Crippen LogP contribution in [0.2, 0.25) is 0 Å². The lowest BCUT2D eigenvalue weighted by atomic mass is 9.71. The molecule has 164 valence electrons. The third kappa shape index (κ3) is 4.06. The Morgan fingerprint density at radius 3 is 2.73 bits per heavy atom. The molecule has 7 heteroatoms. The molecule has 0 spiro atoms. The molecule has 0 bridgehead atoms. The maximum Gasteiger partial charge on any atom is 0.173 e. The van der Waals surface area contributed by atoms with E-state index in [4.69, 9.17) is 23.7 Å². The van der Waals surface area contributed by atoms with E-state index in [1.165, 1.54) is 0 Å². The predicted molar refractivity (Wildman–Crippen MR) is 111 cm³/mol. The van der Waals surface area contributed by atoms with E-state index in [1.54, 1.807) is 27.6 Å². The lowest BCUT2D eigenvalue weighted by Gasteiger charge is -2.48. The quantitative estimate of drug-likeness (QED) is 0.632. The number of carbonyl (C=O) groups is 1. The molecule has 4 atom stereocenters. The van der Waals surface area contributed by atoms with E-state index in [1.807, 2.05) is 18.2 Å². The number of benzene rings is 1. The van der Waals surface area contributed by atoms with Crippen molar-refractivity contribution in [2.45, 2.75) is 31.5 Å². The third-order valence-corrected chi connectivity index (χ3v) is 6.46. The van der Waals surface area contributed by atoms with E-state index in [2.05, 4.69) is 4.90 Å². The van der Waals surface area contributed by atoms with Gasteiger partial charge in [0.1, 0.15) is 6.10 Å². The molecule has 4 rings (SSSR count). The highest BCUT2D eigenvalue weighted by Gasteiger charge is 2.49. The van der Waals surface area contributed by atoms with Gasteiger partial charge in [-0.3, -0.25) is 9.69 Å². The summed E-state index contributed by atoms with van der Waals surface area (Å²) in [5.74, 6) is 1.45. The maximum atomic E-state index is 13.4. The van der Waals surface area contributed by atoms with Crippen molar-refractivity contribution < 1.29 is 28.5 Å². The van der Waals surface area contributed by atoms with Crippen LogP contribution < -0.4 is 9.47 Å². The van der Waals surface area contributed by atoms with Gasteiger partial charge in [0.25, 0.3) is 0 Å². The molecular weight excluding hydrogens is 386 g/mol. The first-order chi connectivity index (χ1) is 14.7. The Kier molecular flexibility index (Phi) is 6.61. The summed E-state index contributed by atoms with van der Waals surface area (Å²) in [4.78, 5) is 15.7. The SMILES string of the molecule is COCCCN1COC2CCC3C(=O)C(c4ccc(OC)c(OC)c4)=COC3C2C1. The zero-order chi connectivity index (χ0) is 21.1. The summed E-state index contributed by atoms with van der Waals surface area (Å²) in [6.45, 7) is 3.20. The first-order valence-corrected chi connectivity index (χ1v) is 10.6. The number of rotatable bonds is 7. The van der Waals surface area contributed by atoms with Crippen LogP contribution in [0.1, 0.15) is 24.8 Å². The lowest BCUT2D eigenvalue weighted by Crippen LogP contribution is -2.56. The molecule has 2 fully saturated rings. The van der Waals surface area contributed by atoms with Gasteiger partial charge in [0.2, 0.25) is 0 Å². The summed E-state index contributed by atoms with van der Waals surface area (Å²) in [6.07, 6.45) is 4.32. The van der Waals surface area contributed by atoms with E-state index < -0.39 is 0 Å².